The van der Waals surface area contributed by atoms with Gasteiger partial charge in [0.05, 0.1) is 0 Å². The Kier molecular flexibility index (Phi) is 3.96. The minimum Gasteiger partial charge on any atom is -0.368 e. The first-order valence-corrected chi connectivity index (χ1v) is 6.58. The molecule has 0 spiro atoms. The number of hydrogen-bond acceptors (Lipinski definition) is 3. The number of thiophene rings is 1. The van der Waals surface area contributed by atoms with E-state index in [2.05, 4.69) is 16.8 Å². The van der Waals surface area contributed by atoms with Crippen molar-refractivity contribution < 1.29 is 9.53 Å². The van der Waals surface area contributed by atoms with Crippen LogP contribution in [0.25, 0.3) is 0 Å². The van der Waals surface area contributed by atoms with Crippen molar-refractivity contribution >= 4 is 17.2 Å². The van der Waals surface area contributed by atoms with E-state index in [1.807, 2.05) is 13.0 Å². The van der Waals surface area contributed by atoms with Gasteiger partial charge in [0.2, 0.25) is 5.91 Å². The third-order valence-electron chi connectivity index (χ3n) is 2.70. The van der Waals surface area contributed by atoms with Gasteiger partial charge in [-0.25, -0.2) is 0 Å². The van der Waals surface area contributed by atoms with Crippen molar-refractivity contribution in [1.82, 2.24) is 5.32 Å². The van der Waals surface area contributed by atoms with Crippen LogP contribution in [0, 0.1) is 0 Å². The lowest BCUT2D eigenvalue weighted by Gasteiger charge is -2.16. The Balaban J connectivity index is 1.78. The molecule has 0 aromatic carbocycles. The summed E-state index contributed by atoms with van der Waals surface area (Å²) in [6.07, 6.45) is 2.54. The Morgan fingerprint density at radius 3 is 3.25 bits per heavy atom. The van der Waals surface area contributed by atoms with Crippen LogP contribution in [0.2, 0.25) is 0 Å². The molecule has 1 aliphatic heterocycles. The molecule has 1 aliphatic rings. The monoisotopic (exact) mass is 239 g/mol. The predicted octanol–water partition coefficient (Wildman–Crippen LogP) is 1.97. The molecule has 0 aliphatic carbocycles. The summed E-state index contributed by atoms with van der Waals surface area (Å²) in [5.74, 6) is 0.0431. The minimum atomic E-state index is -0.217. The lowest BCUT2D eigenvalue weighted by molar-refractivity contribution is -0.130. The molecule has 2 heterocycles. The van der Waals surface area contributed by atoms with Crippen molar-refractivity contribution in [3.63, 3.8) is 0 Å². The SMILES string of the molecule is C[C@@H](Cc1cccs1)NC(=O)[C@H]1CCCO1. The number of ether oxygens (including phenoxy) is 1. The van der Waals surface area contributed by atoms with E-state index < -0.39 is 0 Å². The van der Waals surface area contributed by atoms with Crippen LogP contribution in [-0.2, 0) is 16.0 Å². The molecule has 1 aromatic rings. The van der Waals surface area contributed by atoms with Crippen LogP contribution in [0.1, 0.15) is 24.6 Å². The maximum Gasteiger partial charge on any atom is 0.249 e. The fourth-order valence-electron chi connectivity index (χ4n) is 1.90. The van der Waals surface area contributed by atoms with Crippen LogP contribution in [0.4, 0.5) is 0 Å². The number of hydrogen-bond donors (Lipinski definition) is 1. The molecule has 88 valence electrons. The second kappa shape index (κ2) is 5.46. The van der Waals surface area contributed by atoms with Gasteiger partial charge in [-0.3, -0.25) is 4.79 Å². The highest BCUT2D eigenvalue weighted by Gasteiger charge is 2.24. The lowest BCUT2D eigenvalue weighted by Crippen LogP contribution is -2.40. The van der Waals surface area contributed by atoms with Gasteiger partial charge in [-0.2, -0.15) is 0 Å². The number of nitrogens with one attached hydrogen (secondary N) is 1. The zero-order valence-corrected chi connectivity index (χ0v) is 10.3. The Morgan fingerprint density at radius 2 is 2.62 bits per heavy atom. The maximum absolute atomic E-state index is 11.8. The van der Waals surface area contributed by atoms with Crippen LogP contribution < -0.4 is 5.32 Å². The van der Waals surface area contributed by atoms with Crippen molar-refractivity contribution in [1.29, 1.82) is 0 Å². The van der Waals surface area contributed by atoms with Gasteiger partial charge in [0.15, 0.2) is 0 Å². The molecule has 2 atom stereocenters. The van der Waals surface area contributed by atoms with Crippen LogP contribution in [-0.4, -0.2) is 24.7 Å². The molecule has 4 heteroatoms. The molecule has 16 heavy (non-hydrogen) atoms. The molecular weight excluding hydrogens is 222 g/mol. The van der Waals surface area contributed by atoms with Gasteiger partial charge in [0.25, 0.3) is 0 Å². The largest absolute Gasteiger partial charge is 0.368 e. The second-order valence-electron chi connectivity index (χ2n) is 4.19. The van der Waals surface area contributed by atoms with E-state index in [0.29, 0.717) is 0 Å². The van der Waals surface area contributed by atoms with E-state index in [4.69, 9.17) is 4.74 Å². The zero-order valence-electron chi connectivity index (χ0n) is 9.44. The van der Waals surface area contributed by atoms with Crippen LogP contribution in [0.15, 0.2) is 17.5 Å². The van der Waals surface area contributed by atoms with Gasteiger partial charge >= 0.3 is 0 Å². The van der Waals surface area contributed by atoms with Gasteiger partial charge in [-0.15, -0.1) is 11.3 Å². The van der Waals surface area contributed by atoms with Crippen LogP contribution in [0.5, 0.6) is 0 Å². The van der Waals surface area contributed by atoms with E-state index in [1.54, 1.807) is 11.3 Å². The summed E-state index contributed by atoms with van der Waals surface area (Å²) >= 11 is 1.73. The molecule has 1 fully saturated rings. The highest BCUT2D eigenvalue weighted by Crippen LogP contribution is 2.14. The maximum atomic E-state index is 11.8. The van der Waals surface area contributed by atoms with Gasteiger partial charge in [0, 0.05) is 23.9 Å². The van der Waals surface area contributed by atoms with E-state index in [-0.39, 0.29) is 18.1 Å². The van der Waals surface area contributed by atoms with Crippen molar-refractivity contribution in [2.24, 2.45) is 0 Å². The fourth-order valence-corrected chi connectivity index (χ4v) is 2.74. The molecule has 1 aromatic heterocycles. The van der Waals surface area contributed by atoms with Gasteiger partial charge in [0.1, 0.15) is 6.10 Å². The van der Waals surface area contributed by atoms with Crippen LogP contribution in [0.3, 0.4) is 0 Å². The quantitative estimate of drug-likeness (QED) is 0.872. The average Bonchev–Trinajstić information content (AvgIpc) is 2.88. The molecule has 0 saturated carbocycles. The van der Waals surface area contributed by atoms with Crippen molar-refractivity contribution in [2.45, 2.75) is 38.3 Å². The van der Waals surface area contributed by atoms with Crippen molar-refractivity contribution in [2.75, 3.05) is 6.61 Å². The van der Waals surface area contributed by atoms with Crippen LogP contribution >= 0.6 is 11.3 Å². The minimum absolute atomic E-state index is 0.0431. The Morgan fingerprint density at radius 1 is 1.75 bits per heavy atom. The summed E-state index contributed by atoms with van der Waals surface area (Å²) in [4.78, 5) is 13.1. The highest BCUT2D eigenvalue weighted by molar-refractivity contribution is 7.09. The van der Waals surface area contributed by atoms with E-state index in [9.17, 15) is 4.79 Å². The summed E-state index contributed by atoms with van der Waals surface area (Å²) < 4.78 is 5.34. The number of rotatable bonds is 4. The lowest BCUT2D eigenvalue weighted by atomic mass is 10.2. The molecule has 1 amide bonds. The Hall–Kier alpha value is -0.870. The summed E-state index contributed by atoms with van der Waals surface area (Å²) in [5, 5.41) is 5.06. The Labute approximate surface area is 99.8 Å². The van der Waals surface area contributed by atoms with Crippen molar-refractivity contribution in [3.8, 4) is 0 Å². The third kappa shape index (κ3) is 3.06. The van der Waals surface area contributed by atoms with E-state index >= 15 is 0 Å². The second-order valence-corrected chi connectivity index (χ2v) is 5.23. The molecule has 0 unspecified atom stereocenters. The fraction of sp³-hybridized carbons (Fsp3) is 0.583. The summed E-state index contributed by atoms with van der Waals surface area (Å²) in [7, 11) is 0. The zero-order chi connectivity index (χ0) is 11.4. The smallest absolute Gasteiger partial charge is 0.249 e. The van der Waals surface area contributed by atoms with Crippen molar-refractivity contribution in [3.05, 3.63) is 22.4 Å². The Bertz CT molecular complexity index is 331. The van der Waals surface area contributed by atoms with Gasteiger partial charge in [-0.1, -0.05) is 6.07 Å². The first-order chi connectivity index (χ1) is 7.75. The van der Waals surface area contributed by atoms with E-state index in [1.165, 1.54) is 4.88 Å². The number of amides is 1. The topological polar surface area (TPSA) is 38.3 Å². The molecule has 0 radical (unpaired) electrons. The summed E-state index contributed by atoms with van der Waals surface area (Å²) in [6, 6.07) is 4.31. The summed E-state index contributed by atoms with van der Waals surface area (Å²) in [5.41, 5.74) is 0. The number of carbonyl (C=O) groups is 1. The third-order valence-corrected chi connectivity index (χ3v) is 3.60. The molecular formula is C12H17NO2S. The molecule has 1 saturated heterocycles. The standard InChI is InChI=1S/C12H17NO2S/c1-9(8-10-4-3-7-16-10)13-12(14)11-5-2-6-15-11/h3-4,7,9,11H,2,5-6,8H2,1H3,(H,13,14)/t9-,11+/m0/s1. The molecule has 2 rings (SSSR count). The normalized spacial score (nSPS) is 21.9. The first-order valence-electron chi connectivity index (χ1n) is 5.70. The molecule has 0 bridgehead atoms. The average molecular weight is 239 g/mol. The van der Waals surface area contributed by atoms with E-state index in [0.717, 1.165) is 25.9 Å². The number of carbonyl (C=O) groups excluding carboxylic acids is 1. The highest BCUT2D eigenvalue weighted by atomic mass is 32.1. The van der Waals surface area contributed by atoms with Gasteiger partial charge in [-0.05, 0) is 31.2 Å². The van der Waals surface area contributed by atoms with Gasteiger partial charge < -0.3 is 10.1 Å². The summed E-state index contributed by atoms with van der Waals surface area (Å²) in [6.45, 7) is 2.75. The first kappa shape index (κ1) is 11.6. The molecule has 1 N–H and O–H groups in total. The predicted molar refractivity (Wildman–Crippen MR) is 64.6 cm³/mol. The molecule has 3 nitrogen and oxygen atoms in total.